The van der Waals surface area contributed by atoms with E-state index in [0.717, 1.165) is 39.6 Å². The van der Waals surface area contributed by atoms with E-state index in [2.05, 4.69) is 42.0 Å². The molecular formula is C25H16N6Pt. The van der Waals surface area contributed by atoms with Crippen LogP contribution in [-0.2, 0) is 21.1 Å². The zero-order valence-electron chi connectivity index (χ0n) is 16.7. The Balaban J connectivity index is 0.00000245. The van der Waals surface area contributed by atoms with Crippen molar-refractivity contribution in [2.24, 2.45) is 0 Å². The third-order valence-corrected chi connectivity index (χ3v) is 4.64. The summed E-state index contributed by atoms with van der Waals surface area (Å²) in [5, 5.41) is 0. The quantitative estimate of drug-likeness (QED) is 0.265. The van der Waals surface area contributed by atoms with Crippen LogP contribution in [0.25, 0.3) is 22.5 Å². The van der Waals surface area contributed by atoms with Gasteiger partial charge in [-0.1, -0.05) is 0 Å². The largest absolute Gasteiger partial charge is 2.00 e. The number of pyridine rings is 1. The average Bonchev–Trinajstić information content (AvgIpc) is 2.86. The van der Waals surface area contributed by atoms with Crippen LogP contribution in [0.15, 0.2) is 98.1 Å². The van der Waals surface area contributed by atoms with Crippen molar-refractivity contribution in [1.82, 2.24) is 24.9 Å². The molecule has 3 aromatic heterocycles. The summed E-state index contributed by atoms with van der Waals surface area (Å²) >= 11 is 0. The van der Waals surface area contributed by atoms with Gasteiger partial charge in [-0.2, -0.15) is 0 Å². The summed E-state index contributed by atoms with van der Waals surface area (Å²) < 4.78 is 0. The van der Waals surface area contributed by atoms with Gasteiger partial charge in [0.1, 0.15) is 0 Å². The van der Waals surface area contributed by atoms with Gasteiger partial charge >= 0.3 is 21.1 Å². The molecule has 0 bridgehead atoms. The van der Waals surface area contributed by atoms with Crippen molar-refractivity contribution >= 4 is 17.1 Å². The van der Waals surface area contributed by atoms with Gasteiger partial charge in [0.25, 0.3) is 0 Å². The van der Waals surface area contributed by atoms with Crippen LogP contribution in [0.2, 0.25) is 0 Å². The SMILES string of the molecule is [Pt+2].[c-]1c(-c2cnccn2)cccc1N(c1[c-]c(-c2cnccn2)ccc1)c1ccncc1. The van der Waals surface area contributed by atoms with Crippen molar-refractivity contribution in [2.45, 2.75) is 0 Å². The second-order valence-corrected chi connectivity index (χ2v) is 6.62. The summed E-state index contributed by atoms with van der Waals surface area (Å²) in [5.41, 5.74) is 5.87. The molecule has 0 fully saturated rings. The molecule has 0 radical (unpaired) electrons. The zero-order chi connectivity index (χ0) is 20.9. The monoisotopic (exact) mass is 595 g/mol. The van der Waals surface area contributed by atoms with Gasteiger partial charge in [-0.25, -0.2) is 0 Å². The van der Waals surface area contributed by atoms with E-state index in [1.54, 1.807) is 49.6 Å². The third kappa shape index (κ3) is 4.61. The fourth-order valence-electron chi connectivity index (χ4n) is 3.25. The van der Waals surface area contributed by atoms with E-state index in [1.807, 2.05) is 48.5 Å². The minimum absolute atomic E-state index is 0. The molecule has 5 aromatic rings. The Labute approximate surface area is 200 Å². The smallest absolute Gasteiger partial charge is 0.346 e. The van der Waals surface area contributed by atoms with Gasteiger partial charge in [0.2, 0.25) is 0 Å². The molecule has 7 heteroatoms. The first-order chi connectivity index (χ1) is 15.4. The molecule has 0 atom stereocenters. The second-order valence-electron chi connectivity index (χ2n) is 6.62. The molecule has 0 amide bonds. The van der Waals surface area contributed by atoms with Crippen LogP contribution < -0.4 is 4.90 Å². The first kappa shape index (κ1) is 21.5. The van der Waals surface area contributed by atoms with Gasteiger partial charge in [-0.05, 0) is 23.5 Å². The van der Waals surface area contributed by atoms with Gasteiger partial charge in [-0.15, -0.1) is 59.7 Å². The maximum atomic E-state index is 4.40. The summed E-state index contributed by atoms with van der Waals surface area (Å²) in [6, 6.07) is 22.8. The van der Waals surface area contributed by atoms with Gasteiger partial charge in [-0.3, -0.25) is 15.0 Å². The molecule has 0 aliphatic heterocycles. The molecule has 32 heavy (non-hydrogen) atoms. The Morgan fingerprint density at radius 3 is 1.56 bits per heavy atom. The zero-order valence-corrected chi connectivity index (χ0v) is 19.0. The van der Waals surface area contributed by atoms with Crippen molar-refractivity contribution in [3.05, 3.63) is 110 Å². The Bertz CT molecular complexity index is 1200. The second kappa shape index (κ2) is 10.0. The number of benzene rings is 2. The average molecular weight is 596 g/mol. The van der Waals surface area contributed by atoms with Gasteiger partial charge in [0.05, 0.1) is 0 Å². The van der Waals surface area contributed by atoms with Crippen LogP contribution in [-0.4, -0.2) is 24.9 Å². The van der Waals surface area contributed by atoms with Gasteiger partial charge in [0.15, 0.2) is 0 Å². The van der Waals surface area contributed by atoms with Crippen LogP contribution in [0, 0.1) is 12.1 Å². The first-order valence-electron chi connectivity index (χ1n) is 9.66. The predicted molar refractivity (Wildman–Crippen MR) is 119 cm³/mol. The van der Waals surface area contributed by atoms with E-state index in [4.69, 9.17) is 0 Å². The maximum Gasteiger partial charge on any atom is 2.00 e. The molecule has 156 valence electrons. The molecule has 2 aromatic carbocycles. The van der Waals surface area contributed by atoms with E-state index >= 15 is 0 Å². The van der Waals surface area contributed by atoms with Crippen molar-refractivity contribution in [3.8, 4) is 22.5 Å². The van der Waals surface area contributed by atoms with Crippen LogP contribution in [0.3, 0.4) is 0 Å². The molecule has 0 aliphatic carbocycles. The van der Waals surface area contributed by atoms with E-state index in [1.165, 1.54) is 0 Å². The van der Waals surface area contributed by atoms with Gasteiger partial charge < -0.3 is 14.9 Å². The van der Waals surface area contributed by atoms with Gasteiger partial charge in [0, 0.05) is 66.6 Å². The van der Waals surface area contributed by atoms with Crippen molar-refractivity contribution in [1.29, 1.82) is 0 Å². The topological polar surface area (TPSA) is 67.7 Å². The number of hydrogen-bond acceptors (Lipinski definition) is 6. The molecule has 3 heterocycles. The summed E-state index contributed by atoms with van der Waals surface area (Å²) in [6.07, 6.45) is 13.7. The summed E-state index contributed by atoms with van der Waals surface area (Å²) in [7, 11) is 0. The number of anilines is 3. The number of hydrogen-bond donors (Lipinski definition) is 0. The van der Waals surface area contributed by atoms with E-state index < -0.39 is 0 Å². The molecule has 0 saturated carbocycles. The molecule has 5 rings (SSSR count). The third-order valence-electron chi connectivity index (χ3n) is 4.64. The van der Waals surface area contributed by atoms with E-state index in [-0.39, 0.29) is 21.1 Å². The predicted octanol–water partition coefficient (Wildman–Crippen LogP) is 5.06. The Kier molecular flexibility index (Phi) is 6.73. The minimum atomic E-state index is 0. The summed E-state index contributed by atoms with van der Waals surface area (Å²) in [6.45, 7) is 0. The summed E-state index contributed by atoms with van der Waals surface area (Å²) in [5.74, 6) is 0. The van der Waals surface area contributed by atoms with E-state index in [9.17, 15) is 0 Å². The molecule has 6 nitrogen and oxygen atoms in total. The Morgan fingerprint density at radius 2 is 1.09 bits per heavy atom. The minimum Gasteiger partial charge on any atom is -0.346 e. The van der Waals surface area contributed by atoms with Crippen molar-refractivity contribution in [3.63, 3.8) is 0 Å². The summed E-state index contributed by atoms with van der Waals surface area (Å²) in [4.78, 5) is 23.4. The fourth-order valence-corrected chi connectivity index (χ4v) is 3.25. The van der Waals surface area contributed by atoms with Crippen molar-refractivity contribution in [2.75, 3.05) is 4.90 Å². The normalized spacial score (nSPS) is 10.2. The molecule has 0 saturated heterocycles. The first-order valence-corrected chi connectivity index (χ1v) is 9.66. The van der Waals surface area contributed by atoms with E-state index in [0.29, 0.717) is 0 Å². The van der Waals surface area contributed by atoms with Crippen LogP contribution >= 0.6 is 0 Å². The molecule has 0 spiro atoms. The number of rotatable bonds is 5. The van der Waals surface area contributed by atoms with Crippen LogP contribution in [0.5, 0.6) is 0 Å². The van der Waals surface area contributed by atoms with Crippen LogP contribution in [0.1, 0.15) is 0 Å². The number of aromatic nitrogens is 5. The number of nitrogens with zero attached hydrogens (tertiary/aromatic N) is 6. The standard InChI is InChI=1S/C25H16N6.Pt/c1-3-19(24-17-27-11-13-29-24)15-22(5-1)31(21-7-9-26-10-8-21)23-6-2-4-20(16-23)25-18-28-12-14-30-25;/h1-14,17-18H;/q-2;+2. The Hall–Kier alpha value is -3.76. The maximum absolute atomic E-state index is 4.40. The molecule has 0 unspecified atom stereocenters. The van der Waals surface area contributed by atoms with Crippen LogP contribution in [0.4, 0.5) is 17.1 Å². The fraction of sp³-hybridized carbons (Fsp3) is 0. The van der Waals surface area contributed by atoms with Crippen molar-refractivity contribution < 1.29 is 21.1 Å². The molecule has 0 N–H and O–H groups in total. The Morgan fingerprint density at radius 1 is 0.562 bits per heavy atom. The molecule has 0 aliphatic rings. The molecular weight excluding hydrogens is 579 g/mol.